The van der Waals surface area contributed by atoms with Crippen LogP contribution < -0.4 is 0 Å². The smallest absolute Gasteiger partial charge is 0.338 e. The molecule has 13 heavy (non-hydrogen) atoms. The quantitative estimate of drug-likeness (QED) is 0.379. The van der Waals surface area contributed by atoms with Crippen molar-refractivity contribution >= 4 is 5.97 Å². The van der Waals surface area contributed by atoms with Crippen molar-refractivity contribution in [1.82, 2.24) is 0 Å². The van der Waals surface area contributed by atoms with E-state index in [1.54, 1.807) is 13.0 Å². The highest BCUT2D eigenvalue weighted by Gasteiger charge is 2.08. The Morgan fingerprint density at radius 2 is 1.77 bits per heavy atom. The van der Waals surface area contributed by atoms with Gasteiger partial charge in [0.05, 0.1) is 12.7 Å². The summed E-state index contributed by atoms with van der Waals surface area (Å²) in [6, 6.07) is 0. The SMILES string of the molecule is C=C(C)/C(=C\C=C(C)C)C(=O)OC. The first-order valence-corrected chi connectivity index (χ1v) is 4.08. The van der Waals surface area contributed by atoms with Gasteiger partial charge < -0.3 is 4.74 Å². The summed E-state index contributed by atoms with van der Waals surface area (Å²) in [6.45, 7) is 9.41. The van der Waals surface area contributed by atoms with Gasteiger partial charge in [-0.05, 0) is 32.4 Å². The van der Waals surface area contributed by atoms with E-state index in [0.717, 1.165) is 5.57 Å². The highest BCUT2D eigenvalue weighted by Crippen LogP contribution is 2.09. The Kier molecular flexibility index (Phi) is 4.82. The lowest BCUT2D eigenvalue weighted by Gasteiger charge is -2.02. The van der Waals surface area contributed by atoms with Gasteiger partial charge in [-0.15, -0.1) is 0 Å². The van der Waals surface area contributed by atoms with Crippen molar-refractivity contribution in [2.24, 2.45) is 0 Å². The first kappa shape index (κ1) is 11.7. The number of carbonyl (C=O) groups excluding carboxylic acids is 1. The predicted molar refractivity (Wildman–Crippen MR) is 54.3 cm³/mol. The average Bonchev–Trinajstić information content (AvgIpc) is 2.03. The maximum Gasteiger partial charge on any atom is 0.338 e. The number of esters is 1. The number of ether oxygens (including phenoxy) is 1. The second-order valence-corrected chi connectivity index (χ2v) is 3.10. The molecule has 0 aromatic carbocycles. The zero-order valence-corrected chi connectivity index (χ0v) is 8.68. The number of methoxy groups -OCH3 is 1. The zero-order chi connectivity index (χ0) is 10.4. The summed E-state index contributed by atoms with van der Waals surface area (Å²) in [6.07, 6.45) is 3.59. The van der Waals surface area contributed by atoms with E-state index in [2.05, 4.69) is 11.3 Å². The molecule has 2 nitrogen and oxygen atoms in total. The van der Waals surface area contributed by atoms with Crippen molar-refractivity contribution in [3.05, 3.63) is 35.5 Å². The van der Waals surface area contributed by atoms with Gasteiger partial charge in [-0.25, -0.2) is 4.79 Å². The van der Waals surface area contributed by atoms with Crippen LogP contribution in [0.3, 0.4) is 0 Å². The van der Waals surface area contributed by atoms with E-state index in [1.807, 2.05) is 19.9 Å². The number of allylic oxidation sites excluding steroid dienone is 3. The third kappa shape index (κ3) is 4.31. The third-order valence-electron chi connectivity index (χ3n) is 1.45. The van der Waals surface area contributed by atoms with Crippen LogP contribution >= 0.6 is 0 Å². The lowest BCUT2D eigenvalue weighted by atomic mass is 10.1. The van der Waals surface area contributed by atoms with Crippen LogP contribution in [0.15, 0.2) is 35.5 Å². The normalized spacial score (nSPS) is 10.6. The molecule has 0 saturated carbocycles. The molecule has 0 aliphatic heterocycles. The predicted octanol–water partition coefficient (Wildman–Crippen LogP) is 2.63. The maximum atomic E-state index is 11.2. The van der Waals surface area contributed by atoms with E-state index in [0.29, 0.717) is 11.1 Å². The van der Waals surface area contributed by atoms with E-state index in [-0.39, 0.29) is 5.97 Å². The molecule has 0 fully saturated rings. The summed E-state index contributed by atoms with van der Waals surface area (Å²) in [5, 5.41) is 0. The van der Waals surface area contributed by atoms with E-state index >= 15 is 0 Å². The van der Waals surface area contributed by atoms with Crippen LogP contribution in [0, 0.1) is 0 Å². The Balaban J connectivity index is 4.82. The molecule has 72 valence electrons. The molecule has 2 heteroatoms. The number of carbonyl (C=O) groups is 1. The summed E-state index contributed by atoms with van der Waals surface area (Å²) >= 11 is 0. The van der Waals surface area contributed by atoms with Crippen molar-refractivity contribution in [2.45, 2.75) is 20.8 Å². The molecule has 0 aliphatic rings. The lowest BCUT2D eigenvalue weighted by molar-refractivity contribution is -0.135. The number of rotatable bonds is 3. The third-order valence-corrected chi connectivity index (χ3v) is 1.45. The average molecular weight is 180 g/mol. The first-order chi connectivity index (χ1) is 5.99. The van der Waals surface area contributed by atoms with Gasteiger partial charge in [0.1, 0.15) is 0 Å². The van der Waals surface area contributed by atoms with Gasteiger partial charge in [0.2, 0.25) is 0 Å². The standard InChI is InChI=1S/C11H16O2/c1-8(2)6-7-10(9(3)4)11(12)13-5/h6-7H,3H2,1-2,4-5H3/b10-7+. The molecule has 0 spiro atoms. The molecule has 0 aromatic rings. The summed E-state index contributed by atoms with van der Waals surface area (Å²) in [7, 11) is 1.36. The minimum absolute atomic E-state index is 0.343. The fourth-order valence-corrected chi connectivity index (χ4v) is 0.744. The molecular weight excluding hydrogens is 164 g/mol. The van der Waals surface area contributed by atoms with Crippen LogP contribution in [0.5, 0.6) is 0 Å². The second kappa shape index (κ2) is 5.36. The molecular formula is C11H16O2. The topological polar surface area (TPSA) is 26.3 Å². The molecule has 0 aliphatic carbocycles. The van der Waals surface area contributed by atoms with Gasteiger partial charge in [0, 0.05) is 0 Å². The highest BCUT2D eigenvalue weighted by atomic mass is 16.5. The highest BCUT2D eigenvalue weighted by molar-refractivity contribution is 5.93. The summed E-state index contributed by atoms with van der Waals surface area (Å²) < 4.78 is 4.61. The Bertz CT molecular complexity index is 266. The minimum atomic E-state index is -0.343. The van der Waals surface area contributed by atoms with Gasteiger partial charge in [0.25, 0.3) is 0 Å². The zero-order valence-electron chi connectivity index (χ0n) is 8.68. The molecule has 0 rings (SSSR count). The summed E-state index contributed by atoms with van der Waals surface area (Å²) in [5.74, 6) is -0.343. The fraction of sp³-hybridized carbons (Fsp3) is 0.364. The molecule has 0 bridgehead atoms. The Morgan fingerprint density at radius 1 is 1.23 bits per heavy atom. The van der Waals surface area contributed by atoms with E-state index in [4.69, 9.17) is 0 Å². The van der Waals surface area contributed by atoms with Crippen molar-refractivity contribution in [1.29, 1.82) is 0 Å². The van der Waals surface area contributed by atoms with Crippen LogP contribution in [0.2, 0.25) is 0 Å². The van der Waals surface area contributed by atoms with Gasteiger partial charge in [-0.3, -0.25) is 0 Å². The molecule has 0 saturated heterocycles. The number of hydrogen-bond donors (Lipinski definition) is 0. The number of hydrogen-bond acceptors (Lipinski definition) is 2. The monoisotopic (exact) mass is 180 g/mol. The van der Waals surface area contributed by atoms with Crippen molar-refractivity contribution in [2.75, 3.05) is 7.11 Å². The summed E-state index contributed by atoms with van der Waals surface area (Å²) in [5.41, 5.74) is 2.36. The Labute approximate surface area is 79.6 Å². The van der Waals surface area contributed by atoms with E-state index in [1.165, 1.54) is 7.11 Å². The Morgan fingerprint density at radius 3 is 2.08 bits per heavy atom. The van der Waals surface area contributed by atoms with Crippen LogP contribution in [0.4, 0.5) is 0 Å². The van der Waals surface area contributed by atoms with Crippen LogP contribution in [0.25, 0.3) is 0 Å². The molecule has 0 radical (unpaired) electrons. The van der Waals surface area contributed by atoms with E-state index in [9.17, 15) is 4.79 Å². The van der Waals surface area contributed by atoms with E-state index < -0.39 is 0 Å². The van der Waals surface area contributed by atoms with Crippen LogP contribution in [0.1, 0.15) is 20.8 Å². The maximum absolute atomic E-state index is 11.2. The Hall–Kier alpha value is -1.31. The van der Waals surface area contributed by atoms with Crippen LogP contribution in [-0.2, 0) is 9.53 Å². The van der Waals surface area contributed by atoms with Crippen molar-refractivity contribution in [3.8, 4) is 0 Å². The summed E-state index contributed by atoms with van der Waals surface area (Å²) in [4.78, 5) is 11.2. The van der Waals surface area contributed by atoms with Gasteiger partial charge >= 0.3 is 5.97 Å². The molecule has 0 aromatic heterocycles. The second-order valence-electron chi connectivity index (χ2n) is 3.10. The fourth-order valence-electron chi connectivity index (χ4n) is 0.744. The van der Waals surface area contributed by atoms with Crippen LogP contribution in [-0.4, -0.2) is 13.1 Å². The minimum Gasteiger partial charge on any atom is -0.465 e. The van der Waals surface area contributed by atoms with Gasteiger partial charge in [-0.1, -0.05) is 18.2 Å². The molecule has 0 atom stereocenters. The lowest BCUT2D eigenvalue weighted by Crippen LogP contribution is -2.05. The molecule has 0 N–H and O–H groups in total. The van der Waals surface area contributed by atoms with Crippen molar-refractivity contribution < 1.29 is 9.53 Å². The van der Waals surface area contributed by atoms with Gasteiger partial charge in [0.15, 0.2) is 0 Å². The largest absolute Gasteiger partial charge is 0.465 e. The molecule has 0 heterocycles. The first-order valence-electron chi connectivity index (χ1n) is 4.08. The molecule has 0 amide bonds. The van der Waals surface area contributed by atoms with Gasteiger partial charge in [-0.2, -0.15) is 0 Å². The van der Waals surface area contributed by atoms with Crippen molar-refractivity contribution in [3.63, 3.8) is 0 Å². The molecule has 0 unspecified atom stereocenters.